The summed E-state index contributed by atoms with van der Waals surface area (Å²) in [5.41, 5.74) is 9.28. The molecule has 0 aliphatic carbocycles. The number of likely N-dealkylation sites (tertiary alicyclic amines) is 1. The third kappa shape index (κ3) is 2.58. The van der Waals surface area contributed by atoms with E-state index in [9.17, 15) is 9.59 Å². The Labute approximate surface area is 129 Å². The van der Waals surface area contributed by atoms with Gasteiger partial charge in [-0.05, 0) is 49.9 Å². The summed E-state index contributed by atoms with van der Waals surface area (Å²) in [6, 6.07) is 6.09. The molecule has 5 heteroatoms. The van der Waals surface area contributed by atoms with Crippen molar-refractivity contribution < 1.29 is 9.59 Å². The molecule has 2 amide bonds. The van der Waals surface area contributed by atoms with Gasteiger partial charge >= 0.3 is 0 Å². The smallest absolute Gasteiger partial charge is 0.270 e. The Balaban J connectivity index is 1.81. The predicted molar refractivity (Wildman–Crippen MR) is 85.6 cm³/mol. The number of piperidine rings is 1. The van der Waals surface area contributed by atoms with Crippen molar-refractivity contribution >= 4 is 22.7 Å². The number of primary amides is 1. The molecule has 0 bridgehead atoms. The Morgan fingerprint density at radius 1 is 1.18 bits per heavy atom. The Morgan fingerprint density at radius 2 is 1.86 bits per heavy atom. The molecule has 1 aromatic carbocycles. The molecule has 0 radical (unpaired) electrons. The number of hydrogen-bond donors (Lipinski definition) is 2. The highest BCUT2D eigenvalue weighted by Crippen LogP contribution is 2.24. The van der Waals surface area contributed by atoms with Crippen molar-refractivity contribution in [3.8, 4) is 0 Å². The largest absolute Gasteiger partial charge is 0.369 e. The molecule has 22 heavy (non-hydrogen) atoms. The number of amides is 2. The van der Waals surface area contributed by atoms with Crippen molar-refractivity contribution in [1.82, 2.24) is 9.88 Å². The zero-order valence-corrected chi connectivity index (χ0v) is 13.0. The van der Waals surface area contributed by atoms with E-state index in [0.717, 1.165) is 16.5 Å². The van der Waals surface area contributed by atoms with E-state index in [0.29, 0.717) is 31.6 Å². The van der Waals surface area contributed by atoms with Gasteiger partial charge in [-0.25, -0.2) is 0 Å². The summed E-state index contributed by atoms with van der Waals surface area (Å²) in [6.45, 7) is 5.26. The van der Waals surface area contributed by atoms with Crippen LogP contribution in [0.1, 0.15) is 34.5 Å². The van der Waals surface area contributed by atoms with Crippen molar-refractivity contribution in [2.24, 2.45) is 11.7 Å². The van der Waals surface area contributed by atoms with Gasteiger partial charge in [-0.2, -0.15) is 0 Å². The van der Waals surface area contributed by atoms with Crippen molar-refractivity contribution in [2.75, 3.05) is 13.1 Å². The number of H-pyrrole nitrogens is 1. The van der Waals surface area contributed by atoms with Crippen LogP contribution in [0, 0.1) is 19.8 Å². The number of hydrogen-bond acceptors (Lipinski definition) is 2. The van der Waals surface area contributed by atoms with Crippen molar-refractivity contribution in [3.63, 3.8) is 0 Å². The third-order valence-electron chi connectivity index (χ3n) is 4.50. The number of carbonyl (C=O) groups is 2. The number of nitrogens with zero attached hydrogens (tertiary/aromatic N) is 1. The van der Waals surface area contributed by atoms with E-state index in [1.807, 2.05) is 13.0 Å². The van der Waals surface area contributed by atoms with E-state index in [2.05, 4.69) is 24.0 Å². The molecule has 1 fully saturated rings. The van der Waals surface area contributed by atoms with Gasteiger partial charge in [0.15, 0.2) is 0 Å². The highest BCUT2D eigenvalue weighted by atomic mass is 16.2. The summed E-state index contributed by atoms with van der Waals surface area (Å²) in [6.07, 6.45) is 1.30. The lowest BCUT2D eigenvalue weighted by Gasteiger charge is -2.30. The lowest BCUT2D eigenvalue weighted by molar-refractivity contribution is -0.123. The van der Waals surface area contributed by atoms with Gasteiger partial charge in [-0.1, -0.05) is 6.07 Å². The van der Waals surface area contributed by atoms with Crippen LogP contribution in [0.2, 0.25) is 0 Å². The summed E-state index contributed by atoms with van der Waals surface area (Å²) in [4.78, 5) is 28.8. The first-order chi connectivity index (χ1) is 10.5. The number of rotatable bonds is 2. The second-order valence-corrected chi connectivity index (χ2v) is 6.19. The van der Waals surface area contributed by atoms with Crippen LogP contribution in [0.4, 0.5) is 0 Å². The van der Waals surface area contributed by atoms with Gasteiger partial charge in [0, 0.05) is 29.9 Å². The van der Waals surface area contributed by atoms with Crippen LogP contribution in [0.3, 0.4) is 0 Å². The van der Waals surface area contributed by atoms with E-state index in [-0.39, 0.29) is 17.7 Å². The van der Waals surface area contributed by atoms with Crippen LogP contribution in [0.15, 0.2) is 18.2 Å². The van der Waals surface area contributed by atoms with Crippen LogP contribution in [0.5, 0.6) is 0 Å². The standard InChI is InChI=1S/C17H21N3O2/c1-10-7-11(2)13-9-15(19-14(13)8-10)17(22)20-5-3-12(4-6-20)16(18)21/h7-9,12,19H,3-6H2,1-2H3,(H2,18,21). The van der Waals surface area contributed by atoms with Gasteiger partial charge in [0.1, 0.15) is 5.69 Å². The Morgan fingerprint density at radius 3 is 2.50 bits per heavy atom. The van der Waals surface area contributed by atoms with Crippen LogP contribution in [0.25, 0.3) is 10.9 Å². The molecular weight excluding hydrogens is 278 g/mol. The third-order valence-corrected chi connectivity index (χ3v) is 4.50. The number of aromatic amines is 1. The van der Waals surface area contributed by atoms with Gasteiger partial charge in [0.2, 0.25) is 5.91 Å². The van der Waals surface area contributed by atoms with E-state index < -0.39 is 0 Å². The minimum Gasteiger partial charge on any atom is -0.369 e. The van der Waals surface area contributed by atoms with Gasteiger partial charge < -0.3 is 15.6 Å². The van der Waals surface area contributed by atoms with Crippen molar-refractivity contribution in [3.05, 3.63) is 35.0 Å². The molecule has 2 aromatic rings. The van der Waals surface area contributed by atoms with Gasteiger partial charge in [0.25, 0.3) is 5.91 Å². The number of carbonyl (C=O) groups excluding carboxylic acids is 2. The van der Waals surface area contributed by atoms with E-state index in [4.69, 9.17) is 5.73 Å². The second kappa shape index (κ2) is 5.48. The number of aromatic nitrogens is 1. The maximum absolute atomic E-state index is 12.6. The lowest BCUT2D eigenvalue weighted by atomic mass is 9.96. The monoisotopic (exact) mass is 299 g/mol. The van der Waals surface area contributed by atoms with E-state index in [1.54, 1.807) is 4.90 Å². The summed E-state index contributed by atoms with van der Waals surface area (Å²) in [7, 11) is 0. The Hall–Kier alpha value is -2.30. The Kier molecular flexibility index (Phi) is 3.64. The molecule has 5 nitrogen and oxygen atoms in total. The van der Waals surface area contributed by atoms with Crippen molar-refractivity contribution in [1.29, 1.82) is 0 Å². The first-order valence-electron chi connectivity index (χ1n) is 7.64. The number of nitrogens with one attached hydrogen (secondary N) is 1. The molecule has 3 N–H and O–H groups in total. The first kappa shape index (κ1) is 14.6. The molecule has 1 saturated heterocycles. The lowest BCUT2D eigenvalue weighted by Crippen LogP contribution is -2.41. The molecule has 2 heterocycles. The fraction of sp³-hybridized carbons (Fsp3) is 0.412. The normalized spacial score (nSPS) is 16.2. The van der Waals surface area contributed by atoms with Gasteiger partial charge in [0.05, 0.1) is 0 Å². The van der Waals surface area contributed by atoms with Crippen molar-refractivity contribution in [2.45, 2.75) is 26.7 Å². The maximum Gasteiger partial charge on any atom is 0.270 e. The average molecular weight is 299 g/mol. The number of benzene rings is 1. The molecular formula is C17H21N3O2. The summed E-state index contributed by atoms with van der Waals surface area (Å²) in [5, 5.41) is 1.08. The SMILES string of the molecule is Cc1cc(C)c2cc(C(=O)N3CCC(C(N)=O)CC3)[nH]c2c1. The maximum atomic E-state index is 12.6. The van der Waals surface area contributed by atoms with Gasteiger partial charge in [-0.3, -0.25) is 9.59 Å². The Bertz CT molecular complexity index is 740. The van der Waals surface area contributed by atoms with Crippen LogP contribution >= 0.6 is 0 Å². The van der Waals surface area contributed by atoms with Gasteiger partial charge in [-0.15, -0.1) is 0 Å². The zero-order chi connectivity index (χ0) is 15.9. The highest BCUT2D eigenvalue weighted by molar-refractivity contribution is 5.99. The minimum absolute atomic E-state index is 0.00354. The summed E-state index contributed by atoms with van der Waals surface area (Å²) in [5.74, 6) is -0.364. The molecule has 1 aliphatic heterocycles. The molecule has 0 spiro atoms. The number of aryl methyl sites for hydroxylation is 2. The zero-order valence-electron chi connectivity index (χ0n) is 13.0. The number of nitrogens with two attached hydrogens (primary N) is 1. The van der Waals surface area contributed by atoms with Crippen LogP contribution < -0.4 is 5.73 Å². The van der Waals surface area contributed by atoms with Crippen LogP contribution in [-0.4, -0.2) is 34.8 Å². The molecule has 3 rings (SSSR count). The van der Waals surface area contributed by atoms with E-state index in [1.165, 1.54) is 5.56 Å². The molecule has 116 valence electrons. The quantitative estimate of drug-likeness (QED) is 0.891. The summed E-state index contributed by atoms with van der Waals surface area (Å²) < 4.78 is 0. The minimum atomic E-state index is -0.260. The first-order valence-corrected chi connectivity index (χ1v) is 7.64. The second-order valence-electron chi connectivity index (χ2n) is 6.19. The molecule has 0 unspecified atom stereocenters. The molecule has 1 aromatic heterocycles. The fourth-order valence-corrected chi connectivity index (χ4v) is 3.25. The molecule has 0 saturated carbocycles. The van der Waals surface area contributed by atoms with Crippen LogP contribution in [-0.2, 0) is 4.79 Å². The summed E-state index contributed by atoms with van der Waals surface area (Å²) >= 11 is 0. The molecule has 1 aliphatic rings. The molecule has 0 atom stereocenters. The number of fused-ring (bicyclic) bond motifs is 1. The highest BCUT2D eigenvalue weighted by Gasteiger charge is 2.27. The predicted octanol–water partition coefficient (Wildman–Crippen LogP) is 2.12. The average Bonchev–Trinajstić information content (AvgIpc) is 2.90. The fourth-order valence-electron chi connectivity index (χ4n) is 3.25. The topological polar surface area (TPSA) is 79.2 Å². The van der Waals surface area contributed by atoms with E-state index >= 15 is 0 Å².